The molecule has 1 fully saturated rings. The Kier molecular flexibility index (Phi) is 4.88. The van der Waals surface area contributed by atoms with Crippen molar-refractivity contribution in [3.63, 3.8) is 0 Å². The first-order chi connectivity index (χ1) is 9.11. The van der Waals surface area contributed by atoms with Gasteiger partial charge in [-0.3, -0.25) is 4.90 Å². The largest absolute Gasteiger partial charge is 0.330 e. The Bertz CT molecular complexity index is 423. The Labute approximate surface area is 113 Å². The fourth-order valence-electron chi connectivity index (χ4n) is 3.08. The molecule has 0 bridgehead atoms. The molecule has 2 N–H and O–H groups in total. The molecule has 2 unspecified atom stereocenters. The van der Waals surface area contributed by atoms with Crippen molar-refractivity contribution < 1.29 is 8.78 Å². The third-order valence-electron chi connectivity index (χ3n) is 4.17. The Morgan fingerprint density at radius 1 is 1.26 bits per heavy atom. The van der Waals surface area contributed by atoms with E-state index in [0.717, 1.165) is 18.9 Å². The van der Waals surface area contributed by atoms with Gasteiger partial charge in [-0.2, -0.15) is 0 Å². The fourth-order valence-corrected chi connectivity index (χ4v) is 3.08. The highest BCUT2D eigenvalue weighted by molar-refractivity contribution is 5.18. The lowest BCUT2D eigenvalue weighted by atomic mass is 9.83. The number of halogens is 2. The molecule has 1 aliphatic carbocycles. The third kappa shape index (κ3) is 3.51. The standard InChI is InChI=1S/C15H22F2N2/c1-19(15-5-3-2-4-11(15)9-18)10-12-6-7-13(16)8-14(12)17/h6-8,11,15H,2-5,9-10,18H2,1H3. The molecule has 0 aliphatic heterocycles. The van der Waals surface area contributed by atoms with Crippen LogP contribution in [0.4, 0.5) is 8.78 Å². The molecule has 1 saturated carbocycles. The summed E-state index contributed by atoms with van der Waals surface area (Å²) in [5.74, 6) is -0.504. The lowest BCUT2D eigenvalue weighted by Gasteiger charge is -2.37. The summed E-state index contributed by atoms with van der Waals surface area (Å²) in [6, 6.07) is 4.20. The van der Waals surface area contributed by atoms with E-state index in [4.69, 9.17) is 5.73 Å². The number of benzene rings is 1. The van der Waals surface area contributed by atoms with Gasteiger partial charge in [0.1, 0.15) is 11.6 Å². The zero-order chi connectivity index (χ0) is 13.8. The lowest BCUT2D eigenvalue weighted by Crippen LogP contribution is -2.42. The van der Waals surface area contributed by atoms with Crippen LogP contribution in [-0.4, -0.2) is 24.5 Å². The van der Waals surface area contributed by atoms with Gasteiger partial charge >= 0.3 is 0 Å². The van der Waals surface area contributed by atoms with Crippen LogP contribution in [0.15, 0.2) is 18.2 Å². The van der Waals surface area contributed by atoms with E-state index in [9.17, 15) is 8.78 Å². The van der Waals surface area contributed by atoms with Gasteiger partial charge in [-0.15, -0.1) is 0 Å². The number of rotatable bonds is 4. The molecule has 1 aromatic carbocycles. The van der Waals surface area contributed by atoms with Gasteiger partial charge in [0.2, 0.25) is 0 Å². The average Bonchev–Trinajstić information content (AvgIpc) is 2.41. The molecule has 2 atom stereocenters. The van der Waals surface area contributed by atoms with Crippen LogP contribution in [0.5, 0.6) is 0 Å². The maximum atomic E-state index is 13.7. The van der Waals surface area contributed by atoms with Crippen LogP contribution in [0.3, 0.4) is 0 Å². The highest BCUT2D eigenvalue weighted by Crippen LogP contribution is 2.28. The van der Waals surface area contributed by atoms with Gasteiger partial charge < -0.3 is 5.73 Å². The van der Waals surface area contributed by atoms with E-state index in [0.29, 0.717) is 30.6 Å². The molecule has 1 aromatic rings. The summed E-state index contributed by atoms with van der Waals surface area (Å²) >= 11 is 0. The van der Waals surface area contributed by atoms with Gasteiger partial charge in [0.05, 0.1) is 0 Å². The monoisotopic (exact) mass is 268 g/mol. The summed E-state index contributed by atoms with van der Waals surface area (Å²) in [6.07, 6.45) is 4.70. The highest BCUT2D eigenvalue weighted by atomic mass is 19.1. The van der Waals surface area contributed by atoms with Crippen molar-refractivity contribution in [3.8, 4) is 0 Å². The van der Waals surface area contributed by atoms with Crippen molar-refractivity contribution in [2.45, 2.75) is 38.3 Å². The fraction of sp³-hybridized carbons (Fsp3) is 0.600. The predicted molar refractivity (Wildman–Crippen MR) is 72.6 cm³/mol. The zero-order valence-electron chi connectivity index (χ0n) is 11.4. The van der Waals surface area contributed by atoms with E-state index in [-0.39, 0.29) is 0 Å². The molecule has 4 heteroatoms. The smallest absolute Gasteiger partial charge is 0.130 e. The number of nitrogens with two attached hydrogens (primary N) is 1. The van der Waals surface area contributed by atoms with Crippen LogP contribution >= 0.6 is 0 Å². The first-order valence-corrected chi connectivity index (χ1v) is 6.96. The van der Waals surface area contributed by atoms with Crippen molar-refractivity contribution in [3.05, 3.63) is 35.4 Å². The van der Waals surface area contributed by atoms with Crippen LogP contribution in [0.2, 0.25) is 0 Å². The summed E-state index contributed by atoms with van der Waals surface area (Å²) in [5, 5.41) is 0. The quantitative estimate of drug-likeness (QED) is 0.909. The molecule has 0 aromatic heterocycles. The Hall–Kier alpha value is -1.00. The van der Waals surface area contributed by atoms with Crippen LogP contribution in [0.1, 0.15) is 31.2 Å². The second-order valence-corrected chi connectivity index (χ2v) is 5.50. The molecule has 106 valence electrons. The molecule has 2 rings (SSSR count). The zero-order valence-corrected chi connectivity index (χ0v) is 11.4. The van der Waals surface area contributed by atoms with Gasteiger partial charge in [-0.25, -0.2) is 8.78 Å². The second kappa shape index (κ2) is 6.44. The third-order valence-corrected chi connectivity index (χ3v) is 4.17. The van der Waals surface area contributed by atoms with E-state index in [1.807, 2.05) is 7.05 Å². The van der Waals surface area contributed by atoms with E-state index in [1.165, 1.54) is 25.0 Å². The predicted octanol–water partition coefficient (Wildman–Crippen LogP) is 2.91. The minimum absolute atomic E-state index is 0.406. The van der Waals surface area contributed by atoms with Crippen molar-refractivity contribution in [2.24, 2.45) is 11.7 Å². The van der Waals surface area contributed by atoms with Gasteiger partial charge in [-0.05, 0) is 38.4 Å². The second-order valence-electron chi connectivity index (χ2n) is 5.50. The molecule has 1 aliphatic rings. The molecular weight excluding hydrogens is 246 g/mol. The molecule has 0 spiro atoms. The minimum atomic E-state index is -0.526. The maximum Gasteiger partial charge on any atom is 0.130 e. The summed E-state index contributed by atoms with van der Waals surface area (Å²) in [4.78, 5) is 2.16. The summed E-state index contributed by atoms with van der Waals surface area (Å²) in [7, 11) is 2.00. The van der Waals surface area contributed by atoms with Crippen molar-refractivity contribution in [2.75, 3.05) is 13.6 Å². The van der Waals surface area contributed by atoms with E-state index >= 15 is 0 Å². The van der Waals surface area contributed by atoms with Gasteiger partial charge in [0, 0.05) is 24.2 Å². The molecule has 0 heterocycles. The lowest BCUT2D eigenvalue weighted by molar-refractivity contribution is 0.126. The maximum absolute atomic E-state index is 13.7. The first kappa shape index (κ1) is 14.4. The van der Waals surface area contributed by atoms with Crippen molar-refractivity contribution in [1.29, 1.82) is 0 Å². The normalized spacial score (nSPS) is 23.8. The molecule has 2 nitrogen and oxygen atoms in total. The Balaban J connectivity index is 2.04. The SMILES string of the molecule is CN(Cc1ccc(F)cc1F)C1CCCCC1CN. The molecular formula is C15H22F2N2. The first-order valence-electron chi connectivity index (χ1n) is 6.96. The van der Waals surface area contributed by atoms with E-state index < -0.39 is 11.6 Å². The van der Waals surface area contributed by atoms with E-state index in [1.54, 1.807) is 0 Å². The topological polar surface area (TPSA) is 29.3 Å². The number of nitrogens with zero attached hydrogens (tertiary/aromatic N) is 1. The van der Waals surface area contributed by atoms with Gasteiger partial charge in [-0.1, -0.05) is 18.9 Å². The van der Waals surface area contributed by atoms with Crippen LogP contribution in [0, 0.1) is 17.6 Å². The van der Waals surface area contributed by atoms with Gasteiger partial charge in [0.15, 0.2) is 0 Å². The average molecular weight is 268 g/mol. The number of hydrogen-bond acceptors (Lipinski definition) is 2. The summed E-state index contributed by atoms with van der Waals surface area (Å²) in [5.41, 5.74) is 6.37. The number of hydrogen-bond donors (Lipinski definition) is 1. The van der Waals surface area contributed by atoms with Crippen LogP contribution in [0.25, 0.3) is 0 Å². The van der Waals surface area contributed by atoms with E-state index in [2.05, 4.69) is 4.90 Å². The molecule has 19 heavy (non-hydrogen) atoms. The van der Waals surface area contributed by atoms with Crippen LogP contribution < -0.4 is 5.73 Å². The van der Waals surface area contributed by atoms with Crippen LogP contribution in [-0.2, 0) is 6.54 Å². The molecule has 0 radical (unpaired) electrons. The Morgan fingerprint density at radius 3 is 2.68 bits per heavy atom. The Morgan fingerprint density at radius 2 is 2.00 bits per heavy atom. The molecule has 0 saturated heterocycles. The van der Waals surface area contributed by atoms with Crippen molar-refractivity contribution in [1.82, 2.24) is 4.90 Å². The summed E-state index contributed by atoms with van der Waals surface area (Å²) in [6.45, 7) is 1.19. The van der Waals surface area contributed by atoms with Gasteiger partial charge in [0.25, 0.3) is 0 Å². The minimum Gasteiger partial charge on any atom is -0.330 e. The molecule has 0 amide bonds. The summed E-state index contributed by atoms with van der Waals surface area (Å²) < 4.78 is 26.6. The highest BCUT2D eigenvalue weighted by Gasteiger charge is 2.27. The van der Waals surface area contributed by atoms with Crippen molar-refractivity contribution >= 4 is 0 Å².